The highest BCUT2D eigenvalue weighted by molar-refractivity contribution is 5.93. The van der Waals surface area contributed by atoms with Crippen LogP contribution in [0.25, 0.3) is 0 Å². The predicted molar refractivity (Wildman–Crippen MR) is 140 cm³/mol. The van der Waals surface area contributed by atoms with E-state index in [4.69, 9.17) is 4.74 Å². The minimum absolute atomic E-state index is 0.0999. The number of H-pyrrole nitrogens is 1. The van der Waals surface area contributed by atoms with Crippen LogP contribution in [0.15, 0.2) is 65.6 Å². The molecule has 2 fully saturated rings. The van der Waals surface area contributed by atoms with E-state index in [2.05, 4.69) is 38.0 Å². The molecule has 188 valence electrons. The first-order chi connectivity index (χ1) is 17.6. The molecular weight excluding hydrogens is 456 g/mol. The summed E-state index contributed by atoms with van der Waals surface area (Å²) in [4.78, 5) is 41.6. The number of ether oxygens (including phenoxy) is 1. The summed E-state index contributed by atoms with van der Waals surface area (Å²) in [7, 11) is 1.68. The molecule has 2 aromatic carbocycles. The SMILES string of the molecule is COc1ccccc1N1CCN(c2ncc(C(=O)N3CCN(Cc4ccccc4)CC3)c(=O)[nH]2)CC1. The summed E-state index contributed by atoms with van der Waals surface area (Å²) in [5, 5.41) is 0. The highest BCUT2D eigenvalue weighted by atomic mass is 16.5. The summed E-state index contributed by atoms with van der Waals surface area (Å²) < 4.78 is 5.49. The number of aromatic nitrogens is 2. The van der Waals surface area contributed by atoms with E-state index in [0.29, 0.717) is 32.1 Å². The Morgan fingerprint density at radius 1 is 0.889 bits per heavy atom. The molecule has 0 radical (unpaired) electrons. The number of amides is 1. The van der Waals surface area contributed by atoms with E-state index >= 15 is 0 Å². The molecule has 9 heteroatoms. The minimum Gasteiger partial charge on any atom is -0.495 e. The lowest BCUT2D eigenvalue weighted by Crippen LogP contribution is -2.49. The van der Waals surface area contributed by atoms with Crippen molar-refractivity contribution in [3.05, 3.63) is 82.3 Å². The predicted octanol–water partition coefficient (Wildman–Crippen LogP) is 2.06. The Balaban J connectivity index is 1.17. The zero-order valence-corrected chi connectivity index (χ0v) is 20.6. The van der Waals surface area contributed by atoms with Crippen molar-refractivity contribution in [3.8, 4) is 5.75 Å². The molecule has 0 unspecified atom stereocenters. The smallest absolute Gasteiger partial charge is 0.265 e. The van der Waals surface area contributed by atoms with Gasteiger partial charge in [-0.2, -0.15) is 0 Å². The van der Waals surface area contributed by atoms with E-state index in [1.54, 1.807) is 12.0 Å². The van der Waals surface area contributed by atoms with Gasteiger partial charge in [0.05, 0.1) is 12.8 Å². The summed E-state index contributed by atoms with van der Waals surface area (Å²) in [6, 6.07) is 18.3. The van der Waals surface area contributed by atoms with Gasteiger partial charge >= 0.3 is 0 Å². The van der Waals surface area contributed by atoms with Crippen molar-refractivity contribution in [1.82, 2.24) is 19.8 Å². The lowest BCUT2D eigenvalue weighted by atomic mass is 10.2. The molecule has 2 saturated heterocycles. The van der Waals surface area contributed by atoms with Gasteiger partial charge in [0, 0.05) is 65.1 Å². The quantitative estimate of drug-likeness (QED) is 0.569. The molecule has 2 aliphatic heterocycles. The average molecular weight is 489 g/mol. The van der Waals surface area contributed by atoms with Crippen molar-refractivity contribution in [3.63, 3.8) is 0 Å². The maximum Gasteiger partial charge on any atom is 0.265 e. The van der Waals surface area contributed by atoms with Gasteiger partial charge in [-0.3, -0.25) is 19.5 Å². The summed E-state index contributed by atoms with van der Waals surface area (Å²) in [5.41, 5.74) is 2.04. The van der Waals surface area contributed by atoms with Gasteiger partial charge in [-0.1, -0.05) is 42.5 Å². The highest BCUT2D eigenvalue weighted by Gasteiger charge is 2.26. The van der Waals surface area contributed by atoms with Crippen LogP contribution < -0.4 is 20.1 Å². The molecule has 1 aromatic heterocycles. The number of carbonyl (C=O) groups is 1. The van der Waals surface area contributed by atoms with Gasteiger partial charge in [-0.25, -0.2) is 4.98 Å². The first kappa shape index (κ1) is 23.9. The van der Waals surface area contributed by atoms with Crippen LogP contribution in [-0.2, 0) is 6.54 Å². The third kappa shape index (κ3) is 5.21. The van der Waals surface area contributed by atoms with E-state index in [1.807, 2.05) is 41.3 Å². The van der Waals surface area contributed by atoms with Crippen LogP contribution in [0.4, 0.5) is 11.6 Å². The fourth-order valence-electron chi connectivity index (χ4n) is 4.87. The van der Waals surface area contributed by atoms with E-state index in [0.717, 1.165) is 44.2 Å². The third-order valence-corrected chi connectivity index (χ3v) is 6.93. The second kappa shape index (κ2) is 10.8. The van der Waals surface area contributed by atoms with Gasteiger partial charge in [0.1, 0.15) is 11.3 Å². The van der Waals surface area contributed by atoms with Gasteiger partial charge in [-0.05, 0) is 17.7 Å². The van der Waals surface area contributed by atoms with Crippen molar-refractivity contribution in [1.29, 1.82) is 0 Å². The fourth-order valence-corrected chi connectivity index (χ4v) is 4.87. The summed E-state index contributed by atoms with van der Waals surface area (Å²) in [6.07, 6.45) is 1.43. The fraction of sp³-hybridized carbons (Fsp3) is 0.370. The zero-order chi connectivity index (χ0) is 24.9. The van der Waals surface area contributed by atoms with E-state index in [-0.39, 0.29) is 17.0 Å². The molecule has 3 heterocycles. The maximum atomic E-state index is 13.0. The van der Waals surface area contributed by atoms with E-state index in [9.17, 15) is 9.59 Å². The number of aromatic amines is 1. The molecule has 0 spiro atoms. The van der Waals surface area contributed by atoms with Crippen molar-refractivity contribution in [2.75, 3.05) is 69.3 Å². The zero-order valence-electron chi connectivity index (χ0n) is 20.6. The molecule has 3 aromatic rings. The number of anilines is 2. The van der Waals surface area contributed by atoms with Gasteiger partial charge in [0.15, 0.2) is 0 Å². The van der Waals surface area contributed by atoms with Crippen LogP contribution in [0, 0.1) is 0 Å². The number of rotatable bonds is 6. The lowest BCUT2D eigenvalue weighted by molar-refractivity contribution is 0.0626. The standard InChI is InChI=1S/C27H32N6O3/c1-36-24-10-6-5-9-23(24)31-15-17-33(18-16-31)27-28-19-22(25(34)29-27)26(35)32-13-11-30(12-14-32)20-21-7-3-2-4-8-21/h2-10,19H,11-18,20H2,1H3,(H,28,29,34). The van der Waals surface area contributed by atoms with Crippen molar-refractivity contribution in [2.45, 2.75) is 6.54 Å². The number of benzene rings is 2. The molecule has 5 rings (SSSR count). The Labute approximate surface area is 210 Å². The molecule has 0 atom stereocenters. The molecule has 9 nitrogen and oxygen atoms in total. The number of hydrogen-bond acceptors (Lipinski definition) is 7. The van der Waals surface area contributed by atoms with Crippen molar-refractivity contribution >= 4 is 17.5 Å². The van der Waals surface area contributed by atoms with Gasteiger partial charge in [0.25, 0.3) is 11.5 Å². The maximum absolute atomic E-state index is 13.0. The second-order valence-electron chi connectivity index (χ2n) is 9.15. The molecule has 36 heavy (non-hydrogen) atoms. The normalized spacial score (nSPS) is 16.8. The third-order valence-electron chi connectivity index (χ3n) is 6.93. The number of piperazine rings is 2. The number of methoxy groups -OCH3 is 1. The Morgan fingerprint density at radius 3 is 2.25 bits per heavy atom. The second-order valence-corrected chi connectivity index (χ2v) is 9.15. The summed E-state index contributed by atoms with van der Waals surface area (Å²) in [5.74, 6) is 1.10. The molecule has 2 aliphatic rings. The van der Waals surface area contributed by atoms with Gasteiger partial charge in [0.2, 0.25) is 5.95 Å². The number of para-hydroxylation sites is 2. The number of carbonyl (C=O) groups excluding carboxylic acids is 1. The van der Waals surface area contributed by atoms with Crippen LogP contribution >= 0.6 is 0 Å². The Bertz CT molecular complexity index is 1230. The van der Waals surface area contributed by atoms with Gasteiger partial charge < -0.3 is 19.4 Å². The van der Waals surface area contributed by atoms with Crippen LogP contribution in [-0.4, -0.2) is 85.1 Å². The van der Waals surface area contributed by atoms with Crippen LogP contribution in [0.3, 0.4) is 0 Å². The van der Waals surface area contributed by atoms with Crippen LogP contribution in [0.1, 0.15) is 15.9 Å². The summed E-state index contributed by atoms with van der Waals surface area (Å²) >= 11 is 0. The topological polar surface area (TPSA) is 85.0 Å². The van der Waals surface area contributed by atoms with E-state index in [1.165, 1.54) is 11.8 Å². The molecular formula is C27H32N6O3. The van der Waals surface area contributed by atoms with Crippen molar-refractivity contribution < 1.29 is 9.53 Å². The number of hydrogen-bond donors (Lipinski definition) is 1. The number of nitrogens with one attached hydrogen (secondary N) is 1. The largest absolute Gasteiger partial charge is 0.495 e. The van der Waals surface area contributed by atoms with Crippen molar-refractivity contribution in [2.24, 2.45) is 0 Å². The van der Waals surface area contributed by atoms with Crippen LogP contribution in [0.2, 0.25) is 0 Å². The Morgan fingerprint density at radius 2 is 1.56 bits per heavy atom. The first-order valence-corrected chi connectivity index (χ1v) is 12.4. The summed E-state index contributed by atoms with van der Waals surface area (Å²) in [6.45, 7) is 6.58. The lowest BCUT2D eigenvalue weighted by Gasteiger charge is -2.37. The Kier molecular flexibility index (Phi) is 7.18. The highest BCUT2D eigenvalue weighted by Crippen LogP contribution is 2.28. The Hall–Kier alpha value is -3.85. The van der Waals surface area contributed by atoms with E-state index < -0.39 is 0 Å². The monoisotopic (exact) mass is 488 g/mol. The molecule has 0 aliphatic carbocycles. The molecule has 1 amide bonds. The average Bonchev–Trinajstić information content (AvgIpc) is 2.94. The molecule has 0 bridgehead atoms. The number of nitrogens with zero attached hydrogens (tertiary/aromatic N) is 5. The van der Waals surface area contributed by atoms with Crippen LogP contribution in [0.5, 0.6) is 5.75 Å². The minimum atomic E-state index is -0.385. The first-order valence-electron chi connectivity index (χ1n) is 12.4. The molecule has 0 saturated carbocycles. The molecule has 1 N–H and O–H groups in total. The van der Waals surface area contributed by atoms with Gasteiger partial charge in [-0.15, -0.1) is 0 Å².